The zero-order valence-corrected chi connectivity index (χ0v) is 13.6. The monoisotopic (exact) mass is 355 g/mol. The van der Waals surface area contributed by atoms with Gasteiger partial charge in [-0.25, -0.2) is 17.2 Å². The van der Waals surface area contributed by atoms with Crippen molar-refractivity contribution < 1.29 is 26.7 Å². The first-order chi connectivity index (χ1) is 11.4. The van der Waals surface area contributed by atoms with E-state index in [0.717, 1.165) is 16.4 Å². The lowest BCUT2D eigenvalue weighted by atomic mass is 10.2. The Labute approximate surface area is 138 Å². The average molecular weight is 355 g/mol. The highest BCUT2D eigenvalue weighted by molar-refractivity contribution is 7.89. The minimum atomic E-state index is -3.86. The van der Waals surface area contributed by atoms with E-state index in [1.807, 2.05) is 0 Å². The molecular formula is C16H15F2NO4S. The highest BCUT2D eigenvalue weighted by Gasteiger charge is 2.24. The second-order valence-electron chi connectivity index (χ2n) is 5.30. The molecule has 0 amide bonds. The minimum Gasteiger partial charge on any atom is -0.486 e. The number of fused-ring (bicyclic) bond motifs is 1. The SMILES string of the molecule is CN(Cc1ccc(F)cc1F)S(=O)(=O)c1ccc2c(c1)OCCO2. The molecule has 1 heterocycles. The van der Waals surface area contributed by atoms with Crippen molar-refractivity contribution in [2.24, 2.45) is 0 Å². The van der Waals surface area contributed by atoms with Gasteiger partial charge >= 0.3 is 0 Å². The molecule has 5 nitrogen and oxygen atoms in total. The lowest BCUT2D eigenvalue weighted by Crippen LogP contribution is -2.27. The molecule has 0 atom stereocenters. The standard InChI is InChI=1S/C16H15F2NO4S/c1-19(10-11-2-3-12(17)8-14(11)18)24(20,21)13-4-5-15-16(9-13)23-7-6-22-15/h2-5,8-9H,6-7,10H2,1H3. The Morgan fingerprint density at radius 3 is 2.46 bits per heavy atom. The summed E-state index contributed by atoms with van der Waals surface area (Å²) in [6.07, 6.45) is 0. The molecule has 0 bridgehead atoms. The molecular weight excluding hydrogens is 340 g/mol. The normalized spacial score (nSPS) is 14.0. The van der Waals surface area contributed by atoms with Gasteiger partial charge in [-0.15, -0.1) is 0 Å². The van der Waals surface area contributed by atoms with Gasteiger partial charge in [-0.05, 0) is 18.2 Å². The Morgan fingerprint density at radius 1 is 1.04 bits per heavy atom. The zero-order valence-electron chi connectivity index (χ0n) is 12.8. The number of rotatable bonds is 4. The summed E-state index contributed by atoms with van der Waals surface area (Å²) < 4.78 is 63.7. The number of halogens is 2. The largest absolute Gasteiger partial charge is 0.486 e. The van der Waals surface area contributed by atoms with Crippen LogP contribution in [0.25, 0.3) is 0 Å². The van der Waals surface area contributed by atoms with Gasteiger partial charge in [0.15, 0.2) is 11.5 Å². The molecule has 0 N–H and O–H groups in total. The summed E-state index contributed by atoms with van der Waals surface area (Å²) in [7, 11) is -2.53. The van der Waals surface area contributed by atoms with Crippen LogP contribution >= 0.6 is 0 Å². The van der Waals surface area contributed by atoms with E-state index in [9.17, 15) is 17.2 Å². The van der Waals surface area contributed by atoms with Crippen molar-refractivity contribution in [2.45, 2.75) is 11.4 Å². The molecule has 2 aromatic carbocycles. The summed E-state index contributed by atoms with van der Waals surface area (Å²) in [6.45, 7) is 0.527. The Hall–Kier alpha value is -2.19. The molecule has 0 radical (unpaired) electrons. The van der Waals surface area contributed by atoms with Gasteiger partial charge in [0.1, 0.15) is 24.8 Å². The molecule has 2 aromatic rings. The molecule has 128 valence electrons. The maximum atomic E-state index is 13.7. The highest BCUT2D eigenvalue weighted by atomic mass is 32.2. The van der Waals surface area contributed by atoms with Gasteiger partial charge in [-0.1, -0.05) is 6.07 Å². The van der Waals surface area contributed by atoms with Gasteiger partial charge in [0, 0.05) is 31.3 Å². The van der Waals surface area contributed by atoms with E-state index in [1.54, 1.807) is 0 Å². The molecule has 0 saturated heterocycles. The molecule has 0 fully saturated rings. The summed E-state index contributed by atoms with van der Waals surface area (Å²) in [5.41, 5.74) is 0.0834. The Morgan fingerprint density at radius 2 is 1.75 bits per heavy atom. The zero-order chi connectivity index (χ0) is 17.3. The Kier molecular flexibility index (Phi) is 4.42. The van der Waals surface area contributed by atoms with Crippen LogP contribution in [-0.2, 0) is 16.6 Å². The third-order valence-corrected chi connectivity index (χ3v) is 5.43. The molecule has 3 rings (SSSR count). The quantitative estimate of drug-likeness (QED) is 0.846. The molecule has 0 unspecified atom stereocenters. The van der Waals surface area contributed by atoms with Crippen LogP contribution in [0, 0.1) is 11.6 Å². The first-order valence-corrected chi connectivity index (χ1v) is 8.62. The van der Waals surface area contributed by atoms with E-state index in [4.69, 9.17) is 9.47 Å². The van der Waals surface area contributed by atoms with Gasteiger partial charge in [0.2, 0.25) is 10.0 Å². The van der Waals surface area contributed by atoms with Crippen LogP contribution in [0.4, 0.5) is 8.78 Å². The van der Waals surface area contributed by atoms with Crippen molar-refractivity contribution in [1.29, 1.82) is 0 Å². The smallest absolute Gasteiger partial charge is 0.243 e. The van der Waals surface area contributed by atoms with E-state index in [-0.39, 0.29) is 17.0 Å². The number of benzene rings is 2. The number of nitrogens with zero attached hydrogens (tertiary/aromatic N) is 1. The van der Waals surface area contributed by atoms with E-state index in [2.05, 4.69) is 0 Å². The van der Waals surface area contributed by atoms with E-state index < -0.39 is 21.7 Å². The van der Waals surface area contributed by atoms with Crippen molar-refractivity contribution in [3.8, 4) is 11.5 Å². The van der Waals surface area contributed by atoms with Crippen LogP contribution in [0.3, 0.4) is 0 Å². The molecule has 0 aliphatic carbocycles. The number of hydrogen-bond acceptors (Lipinski definition) is 4. The van der Waals surface area contributed by atoms with Crippen LogP contribution in [0.15, 0.2) is 41.3 Å². The highest BCUT2D eigenvalue weighted by Crippen LogP contribution is 2.33. The molecule has 1 aliphatic heterocycles. The molecule has 8 heteroatoms. The minimum absolute atomic E-state index is 0.0109. The first-order valence-electron chi connectivity index (χ1n) is 7.18. The third-order valence-electron chi connectivity index (χ3n) is 3.63. The predicted molar refractivity (Wildman–Crippen MR) is 82.4 cm³/mol. The Bertz CT molecular complexity index is 870. The molecule has 24 heavy (non-hydrogen) atoms. The number of hydrogen-bond donors (Lipinski definition) is 0. The third kappa shape index (κ3) is 3.20. The second kappa shape index (κ2) is 6.37. The maximum Gasteiger partial charge on any atom is 0.243 e. The van der Waals surface area contributed by atoms with Crippen LogP contribution < -0.4 is 9.47 Å². The molecule has 0 spiro atoms. The summed E-state index contributed by atoms with van der Waals surface area (Å²) in [4.78, 5) is 0.0109. The van der Waals surface area contributed by atoms with Gasteiger partial charge in [-0.2, -0.15) is 4.31 Å². The lowest BCUT2D eigenvalue weighted by molar-refractivity contribution is 0.171. The summed E-state index contributed by atoms with van der Waals surface area (Å²) >= 11 is 0. The molecule has 0 aromatic heterocycles. The van der Waals surface area contributed by atoms with Crippen LogP contribution in [0.5, 0.6) is 11.5 Å². The lowest BCUT2D eigenvalue weighted by Gasteiger charge is -2.21. The summed E-state index contributed by atoms with van der Waals surface area (Å²) in [5.74, 6) is -0.677. The van der Waals surface area contributed by atoms with Crippen molar-refractivity contribution >= 4 is 10.0 Å². The molecule has 1 aliphatic rings. The topological polar surface area (TPSA) is 55.8 Å². The number of ether oxygens (including phenoxy) is 2. The van der Waals surface area contributed by atoms with E-state index in [0.29, 0.717) is 24.7 Å². The predicted octanol–water partition coefficient (Wildman–Crippen LogP) is 2.56. The van der Waals surface area contributed by atoms with Crippen molar-refractivity contribution in [3.63, 3.8) is 0 Å². The van der Waals surface area contributed by atoms with Gasteiger partial charge in [0.25, 0.3) is 0 Å². The van der Waals surface area contributed by atoms with Crippen LogP contribution in [0.2, 0.25) is 0 Å². The fraction of sp³-hybridized carbons (Fsp3) is 0.250. The second-order valence-corrected chi connectivity index (χ2v) is 7.35. The van der Waals surface area contributed by atoms with Crippen LogP contribution in [0.1, 0.15) is 5.56 Å². The van der Waals surface area contributed by atoms with Gasteiger partial charge in [0.05, 0.1) is 4.90 Å². The average Bonchev–Trinajstić information content (AvgIpc) is 2.56. The van der Waals surface area contributed by atoms with E-state index in [1.165, 1.54) is 31.3 Å². The fourth-order valence-electron chi connectivity index (χ4n) is 2.34. The number of sulfonamides is 1. The van der Waals surface area contributed by atoms with Crippen molar-refractivity contribution in [2.75, 3.05) is 20.3 Å². The maximum absolute atomic E-state index is 13.7. The van der Waals surface area contributed by atoms with Crippen molar-refractivity contribution in [1.82, 2.24) is 4.31 Å². The van der Waals surface area contributed by atoms with E-state index >= 15 is 0 Å². The molecule has 0 saturated carbocycles. The Balaban J connectivity index is 1.86. The van der Waals surface area contributed by atoms with Gasteiger partial charge < -0.3 is 9.47 Å². The first kappa shape index (κ1) is 16.7. The van der Waals surface area contributed by atoms with Crippen molar-refractivity contribution in [3.05, 3.63) is 53.6 Å². The summed E-state index contributed by atoms with van der Waals surface area (Å²) in [5, 5.41) is 0. The summed E-state index contributed by atoms with van der Waals surface area (Å²) in [6, 6.07) is 7.33. The fourth-order valence-corrected chi connectivity index (χ4v) is 3.50. The van der Waals surface area contributed by atoms with Gasteiger partial charge in [-0.3, -0.25) is 0 Å². The van der Waals surface area contributed by atoms with Crippen LogP contribution in [-0.4, -0.2) is 33.0 Å².